The lowest BCUT2D eigenvalue weighted by Gasteiger charge is -2.06. The minimum atomic E-state index is -0.272. The first kappa shape index (κ1) is 11.8. The molecule has 0 saturated heterocycles. The summed E-state index contributed by atoms with van der Waals surface area (Å²) in [7, 11) is 0. The van der Waals surface area contributed by atoms with Crippen LogP contribution in [0.2, 0.25) is 0 Å². The predicted molar refractivity (Wildman–Crippen MR) is 64.0 cm³/mol. The summed E-state index contributed by atoms with van der Waals surface area (Å²) in [6.45, 7) is 2.13. The van der Waals surface area contributed by atoms with Crippen LogP contribution in [0.4, 0.5) is 0 Å². The fraction of sp³-hybridized carbons (Fsp3) is 0.462. The molecule has 1 aliphatic rings. The molecule has 0 aliphatic heterocycles. The highest BCUT2D eigenvalue weighted by Gasteiger charge is 2.37. The van der Waals surface area contributed by atoms with Crippen LogP contribution in [-0.2, 0) is 0 Å². The molecule has 2 rings (SSSR count). The van der Waals surface area contributed by atoms with E-state index in [4.69, 9.17) is 5.11 Å². The zero-order valence-corrected chi connectivity index (χ0v) is 9.81. The Bertz CT molecular complexity index is 431. The number of hydrogen-bond acceptors (Lipinski definition) is 3. The Kier molecular flexibility index (Phi) is 3.22. The molecule has 2 atom stereocenters. The summed E-state index contributed by atoms with van der Waals surface area (Å²) in [5.74, 6) is 0.0823. The van der Waals surface area contributed by atoms with Gasteiger partial charge < -0.3 is 15.5 Å². The summed E-state index contributed by atoms with van der Waals surface area (Å²) in [6.07, 6.45) is 3.28. The summed E-state index contributed by atoms with van der Waals surface area (Å²) in [6, 6.07) is 4.24. The molecule has 1 amide bonds. The van der Waals surface area contributed by atoms with Crippen molar-refractivity contribution in [3.8, 4) is 11.5 Å². The van der Waals surface area contributed by atoms with E-state index in [0.29, 0.717) is 5.92 Å². The van der Waals surface area contributed by atoms with Crippen molar-refractivity contribution in [2.45, 2.75) is 32.2 Å². The van der Waals surface area contributed by atoms with Gasteiger partial charge >= 0.3 is 0 Å². The van der Waals surface area contributed by atoms with E-state index in [-0.39, 0.29) is 29.0 Å². The highest BCUT2D eigenvalue weighted by molar-refractivity contribution is 5.97. The lowest BCUT2D eigenvalue weighted by Crippen LogP contribution is -2.26. The molecule has 17 heavy (non-hydrogen) atoms. The van der Waals surface area contributed by atoms with Gasteiger partial charge in [0.05, 0.1) is 5.56 Å². The SMILES string of the molecule is CCCC1CC1NC(=O)c1ccc(O)cc1O. The first-order valence-corrected chi connectivity index (χ1v) is 5.94. The first-order valence-electron chi connectivity index (χ1n) is 5.94. The van der Waals surface area contributed by atoms with Gasteiger partial charge in [-0.1, -0.05) is 13.3 Å². The Morgan fingerprint density at radius 3 is 2.88 bits per heavy atom. The van der Waals surface area contributed by atoms with Gasteiger partial charge in [-0.3, -0.25) is 4.79 Å². The van der Waals surface area contributed by atoms with E-state index in [0.717, 1.165) is 19.3 Å². The van der Waals surface area contributed by atoms with Gasteiger partial charge in [0.15, 0.2) is 0 Å². The molecular formula is C13H17NO3. The third-order valence-electron chi connectivity index (χ3n) is 3.12. The highest BCUT2D eigenvalue weighted by Crippen LogP contribution is 2.35. The Labute approximate surface area is 100 Å². The van der Waals surface area contributed by atoms with E-state index in [1.807, 2.05) is 0 Å². The van der Waals surface area contributed by atoms with E-state index in [2.05, 4.69) is 12.2 Å². The van der Waals surface area contributed by atoms with Crippen LogP contribution in [0.3, 0.4) is 0 Å². The number of carbonyl (C=O) groups is 1. The lowest BCUT2D eigenvalue weighted by atomic mass is 10.1. The van der Waals surface area contributed by atoms with Crippen LogP contribution in [-0.4, -0.2) is 22.2 Å². The predicted octanol–water partition coefficient (Wildman–Crippen LogP) is 2.02. The second-order valence-corrected chi connectivity index (χ2v) is 4.57. The summed E-state index contributed by atoms with van der Waals surface area (Å²) >= 11 is 0. The van der Waals surface area contributed by atoms with Crippen molar-refractivity contribution in [2.75, 3.05) is 0 Å². The quantitative estimate of drug-likeness (QED) is 0.747. The topological polar surface area (TPSA) is 69.6 Å². The van der Waals surface area contributed by atoms with Crippen LogP contribution >= 0.6 is 0 Å². The van der Waals surface area contributed by atoms with Crippen LogP contribution in [0.5, 0.6) is 11.5 Å². The van der Waals surface area contributed by atoms with Gasteiger partial charge in [-0.15, -0.1) is 0 Å². The van der Waals surface area contributed by atoms with Crippen molar-refractivity contribution in [3.63, 3.8) is 0 Å². The molecule has 4 nitrogen and oxygen atoms in total. The molecule has 0 bridgehead atoms. The maximum atomic E-state index is 11.8. The van der Waals surface area contributed by atoms with Gasteiger partial charge in [0.2, 0.25) is 0 Å². The van der Waals surface area contributed by atoms with Crippen LogP contribution in [0.15, 0.2) is 18.2 Å². The third-order valence-corrected chi connectivity index (χ3v) is 3.12. The monoisotopic (exact) mass is 235 g/mol. The lowest BCUT2D eigenvalue weighted by molar-refractivity contribution is 0.0946. The standard InChI is InChI=1S/C13H17NO3/c1-2-3-8-6-11(8)14-13(17)10-5-4-9(15)7-12(10)16/h4-5,7-8,11,15-16H,2-3,6H2,1H3,(H,14,17). The number of rotatable bonds is 4. The molecule has 1 aromatic rings. The zero-order valence-electron chi connectivity index (χ0n) is 9.81. The van der Waals surface area contributed by atoms with Crippen molar-refractivity contribution in [2.24, 2.45) is 5.92 Å². The molecule has 1 saturated carbocycles. The van der Waals surface area contributed by atoms with E-state index >= 15 is 0 Å². The number of aromatic hydroxyl groups is 2. The summed E-state index contributed by atoms with van der Waals surface area (Å²) in [5.41, 5.74) is 0.213. The van der Waals surface area contributed by atoms with Crippen LogP contribution in [0, 0.1) is 5.92 Å². The molecule has 0 spiro atoms. The van der Waals surface area contributed by atoms with Gasteiger partial charge in [0.1, 0.15) is 11.5 Å². The molecular weight excluding hydrogens is 218 g/mol. The van der Waals surface area contributed by atoms with E-state index in [9.17, 15) is 9.90 Å². The molecule has 1 aromatic carbocycles. The van der Waals surface area contributed by atoms with Crippen molar-refractivity contribution in [1.82, 2.24) is 5.32 Å². The van der Waals surface area contributed by atoms with Crippen LogP contribution in [0.25, 0.3) is 0 Å². The van der Waals surface area contributed by atoms with Crippen LogP contribution < -0.4 is 5.32 Å². The average Bonchev–Trinajstić information content (AvgIpc) is 2.96. The fourth-order valence-corrected chi connectivity index (χ4v) is 2.07. The summed E-state index contributed by atoms with van der Waals surface area (Å²) < 4.78 is 0. The average molecular weight is 235 g/mol. The van der Waals surface area contributed by atoms with Crippen molar-refractivity contribution >= 4 is 5.91 Å². The molecule has 1 aliphatic carbocycles. The molecule has 0 aromatic heterocycles. The summed E-state index contributed by atoms with van der Waals surface area (Å²) in [4.78, 5) is 11.8. The second-order valence-electron chi connectivity index (χ2n) is 4.57. The minimum Gasteiger partial charge on any atom is -0.508 e. The molecule has 0 radical (unpaired) electrons. The second kappa shape index (κ2) is 4.65. The highest BCUT2D eigenvalue weighted by atomic mass is 16.3. The number of amides is 1. The maximum Gasteiger partial charge on any atom is 0.255 e. The molecule has 2 unspecified atom stereocenters. The summed E-state index contributed by atoms with van der Waals surface area (Å²) in [5, 5.41) is 21.6. The Morgan fingerprint density at radius 2 is 2.24 bits per heavy atom. The van der Waals surface area contributed by atoms with E-state index in [1.165, 1.54) is 18.2 Å². The van der Waals surface area contributed by atoms with Crippen LogP contribution in [0.1, 0.15) is 36.5 Å². The Balaban J connectivity index is 1.96. The van der Waals surface area contributed by atoms with Gasteiger partial charge in [-0.2, -0.15) is 0 Å². The molecule has 1 fully saturated rings. The maximum absolute atomic E-state index is 11.8. The first-order chi connectivity index (χ1) is 8.11. The van der Waals surface area contributed by atoms with Crippen molar-refractivity contribution in [1.29, 1.82) is 0 Å². The Hall–Kier alpha value is -1.71. The van der Waals surface area contributed by atoms with E-state index < -0.39 is 0 Å². The van der Waals surface area contributed by atoms with Gasteiger partial charge in [-0.25, -0.2) is 0 Å². The molecule has 4 heteroatoms. The molecule has 0 heterocycles. The largest absolute Gasteiger partial charge is 0.508 e. The van der Waals surface area contributed by atoms with E-state index in [1.54, 1.807) is 0 Å². The number of nitrogens with one attached hydrogen (secondary N) is 1. The number of carbonyl (C=O) groups excluding carboxylic acids is 1. The third kappa shape index (κ3) is 2.70. The smallest absolute Gasteiger partial charge is 0.255 e. The zero-order chi connectivity index (χ0) is 12.4. The normalized spacial score (nSPS) is 22.2. The number of hydrogen-bond donors (Lipinski definition) is 3. The molecule has 92 valence electrons. The number of benzene rings is 1. The van der Waals surface area contributed by atoms with Gasteiger partial charge in [0, 0.05) is 12.1 Å². The van der Waals surface area contributed by atoms with Crippen molar-refractivity contribution < 1.29 is 15.0 Å². The fourth-order valence-electron chi connectivity index (χ4n) is 2.07. The number of phenolic OH excluding ortho intramolecular Hbond substituents is 2. The van der Waals surface area contributed by atoms with Crippen molar-refractivity contribution in [3.05, 3.63) is 23.8 Å². The van der Waals surface area contributed by atoms with Gasteiger partial charge in [0.25, 0.3) is 5.91 Å². The van der Waals surface area contributed by atoms with Gasteiger partial charge in [-0.05, 0) is 30.9 Å². The molecule has 3 N–H and O–H groups in total. The Morgan fingerprint density at radius 1 is 1.47 bits per heavy atom. The number of phenols is 2. The minimum absolute atomic E-state index is 0.0469.